The number of aromatic nitrogens is 3. The maximum Gasteiger partial charge on any atom is 0.196 e. The Morgan fingerprint density at radius 3 is 2.34 bits per heavy atom. The van der Waals surface area contributed by atoms with Gasteiger partial charge in [0.25, 0.3) is 0 Å². The van der Waals surface area contributed by atoms with Crippen molar-refractivity contribution in [2.24, 2.45) is 0 Å². The van der Waals surface area contributed by atoms with Gasteiger partial charge >= 0.3 is 0 Å². The van der Waals surface area contributed by atoms with Gasteiger partial charge in [-0.25, -0.2) is 0 Å². The molecule has 0 aliphatic rings. The van der Waals surface area contributed by atoms with Crippen molar-refractivity contribution in [2.45, 2.75) is 12.1 Å². The molecule has 0 atom stereocenters. The van der Waals surface area contributed by atoms with Gasteiger partial charge in [0.1, 0.15) is 5.75 Å². The highest BCUT2D eigenvalue weighted by Crippen LogP contribution is 2.30. The summed E-state index contributed by atoms with van der Waals surface area (Å²) in [6.45, 7) is 2.02. The Morgan fingerprint density at radius 1 is 0.969 bits per heavy atom. The van der Waals surface area contributed by atoms with Gasteiger partial charge in [0.15, 0.2) is 28.3 Å². The molecular formula is C24H21N3O4S. The van der Waals surface area contributed by atoms with E-state index < -0.39 is 0 Å². The third-order valence-corrected chi connectivity index (χ3v) is 5.83. The van der Waals surface area contributed by atoms with Gasteiger partial charge in [0.05, 0.1) is 12.9 Å². The second-order valence-electron chi connectivity index (χ2n) is 7.12. The van der Waals surface area contributed by atoms with Crippen molar-refractivity contribution in [2.75, 3.05) is 12.9 Å². The average Bonchev–Trinajstić information content (AvgIpc) is 3.23. The predicted octanol–water partition coefficient (Wildman–Crippen LogP) is 4.64. The largest absolute Gasteiger partial charge is 0.504 e. The summed E-state index contributed by atoms with van der Waals surface area (Å²) in [5, 5.41) is 28.4. The van der Waals surface area contributed by atoms with Crippen LogP contribution in [-0.4, -0.2) is 43.6 Å². The van der Waals surface area contributed by atoms with E-state index >= 15 is 0 Å². The maximum atomic E-state index is 12.6. The lowest BCUT2D eigenvalue weighted by atomic mass is 10.1. The van der Waals surface area contributed by atoms with E-state index in [1.807, 2.05) is 60.0 Å². The fourth-order valence-electron chi connectivity index (χ4n) is 3.13. The number of aryl methyl sites for hydroxylation is 1. The first-order valence-electron chi connectivity index (χ1n) is 9.81. The minimum atomic E-state index is -0.328. The van der Waals surface area contributed by atoms with Gasteiger partial charge in [0.2, 0.25) is 0 Å². The molecule has 32 heavy (non-hydrogen) atoms. The molecule has 7 nitrogen and oxygen atoms in total. The molecule has 8 heteroatoms. The number of rotatable bonds is 7. The van der Waals surface area contributed by atoms with Crippen LogP contribution in [0.4, 0.5) is 0 Å². The monoisotopic (exact) mass is 447 g/mol. The molecule has 0 spiro atoms. The number of Topliss-reactive ketones (excluding diaryl/α,β-unsaturated/α-hetero) is 1. The number of benzene rings is 3. The molecule has 0 saturated heterocycles. The van der Waals surface area contributed by atoms with Crippen molar-refractivity contribution in [1.82, 2.24) is 14.8 Å². The lowest BCUT2D eigenvalue weighted by Gasteiger charge is -2.11. The zero-order chi connectivity index (χ0) is 22.7. The molecule has 1 heterocycles. The first-order valence-corrected chi connectivity index (χ1v) is 10.8. The number of aromatic hydroxyl groups is 2. The lowest BCUT2D eigenvalue weighted by Crippen LogP contribution is -2.05. The number of hydrogen-bond acceptors (Lipinski definition) is 7. The summed E-state index contributed by atoms with van der Waals surface area (Å²) in [6.07, 6.45) is 0. The molecule has 4 aromatic rings. The molecule has 2 N–H and O–H groups in total. The van der Waals surface area contributed by atoms with E-state index in [0.29, 0.717) is 16.5 Å². The van der Waals surface area contributed by atoms with Crippen LogP contribution in [0.25, 0.3) is 17.1 Å². The van der Waals surface area contributed by atoms with Gasteiger partial charge in [-0.3, -0.25) is 9.36 Å². The standard InChI is InChI=1S/C24H21N3O4S/c1-15-3-8-18(9-4-15)27-23(16-5-10-19(31-2)11-6-16)25-26-24(27)32-14-22(30)17-7-12-20(28)21(29)13-17/h3-13,28-29H,14H2,1-2H3. The van der Waals surface area contributed by atoms with Crippen molar-refractivity contribution in [3.8, 4) is 34.3 Å². The van der Waals surface area contributed by atoms with Crippen molar-refractivity contribution in [1.29, 1.82) is 0 Å². The van der Waals surface area contributed by atoms with Crippen LogP contribution >= 0.6 is 11.8 Å². The first kappa shape index (κ1) is 21.5. The van der Waals surface area contributed by atoms with Crippen LogP contribution in [0.3, 0.4) is 0 Å². The van der Waals surface area contributed by atoms with Crippen molar-refractivity contribution >= 4 is 17.5 Å². The third-order valence-electron chi connectivity index (χ3n) is 4.90. The lowest BCUT2D eigenvalue weighted by molar-refractivity contribution is 0.102. The van der Waals surface area contributed by atoms with Crippen molar-refractivity contribution in [3.05, 3.63) is 77.9 Å². The predicted molar refractivity (Wildman–Crippen MR) is 123 cm³/mol. The number of methoxy groups -OCH3 is 1. The molecular weight excluding hydrogens is 426 g/mol. The first-order chi connectivity index (χ1) is 15.5. The number of phenols is 2. The Bertz CT molecular complexity index is 1250. The van der Waals surface area contributed by atoms with Crippen LogP contribution < -0.4 is 4.74 Å². The SMILES string of the molecule is COc1ccc(-c2nnc(SCC(=O)c3ccc(O)c(O)c3)n2-c2ccc(C)cc2)cc1. The van der Waals surface area contributed by atoms with E-state index in [2.05, 4.69) is 10.2 Å². The fourth-order valence-corrected chi connectivity index (χ4v) is 3.97. The Morgan fingerprint density at radius 2 is 1.69 bits per heavy atom. The summed E-state index contributed by atoms with van der Waals surface area (Å²) < 4.78 is 7.15. The highest BCUT2D eigenvalue weighted by Gasteiger charge is 2.18. The normalized spacial score (nSPS) is 10.8. The number of ketones is 1. The zero-order valence-electron chi connectivity index (χ0n) is 17.5. The summed E-state index contributed by atoms with van der Waals surface area (Å²) in [7, 11) is 1.61. The molecule has 0 amide bonds. The van der Waals surface area contributed by atoms with Crippen LogP contribution in [0.15, 0.2) is 71.9 Å². The highest BCUT2D eigenvalue weighted by atomic mass is 32.2. The molecule has 0 radical (unpaired) electrons. The minimum Gasteiger partial charge on any atom is -0.504 e. The molecule has 0 unspecified atom stereocenters. The van der Waals surface area contributed by atoms with Crippen molar-refractivity contribution in [3.63, 3.8) is 0 Å². The second kappa shape index (κ2) is 9.15. The Hall–Kier alpha value is -3.78. The number of ether oxygens (including phenoxy) is 1. The molecule has 4 rings (SSSR count). The molecule has 0 fully saturated rings. The fraction of sp³-hybridized carbons (Fsp3) is 0.125. The quantitative estimate of drug-likeness (QED) is 0.242. The zero-order valence-corrected chi connectivity index (χ0v) is 18.3. The molecule has 1 aromatic heterocycles. The molecule has 0 bridgehead atoms. The highest BCUT2D eigenvalue weighted by molar-refractivity contribution is 7.99. The second-order valence-corrected chi connectivity index (χ2v) is 8.06. The Kier molecular flexibility index (Phi) is 6.13. The van der Waals surface area contributed by atoms with Gasteiger partial charge in [-0.05, 0) is 61.5 Å². The smallest absolute Gasteiger partial charge is 0.196 e. The topological polar surface area (TPSA) is 97.5 Å². The Labute approximate surface area is 189 Å². The minimum absolute atomic E-state index is 0.0941. The van der Waals surface area contributed by atoms with Gasteiger partial charge in [-0.1, -0.05) is 29.5 Å². The van der Waals surface area contributed by atoms with E-state index in [1.54, 1.807) is 7.11 Å². The third kappa shape index (κ3) is 4.45. The summed E-state index contributed by atoms with van der Waals surface area (Å²) in [5.74, 6) is 0.690. The molecule has 3 aromatic carbocycles. The van der Waals surface area contributed by atoms with Gasteiger partial charge in [0, 0.05) is 16.8 Å². The van der Waals surface area contributed by atoms with E-state index in [9.17, 15) is 15.0 Å². The van der Waals surface area contributed by atoms with Gasteiger partial charge in [-0.15, -0.1) is 10.2 Å². The Balaban J connectivity index is 1.66. The maximum absolute atomic E-state index is 12.6. The van der Waals surface area contributed by atoms with E-state index in [1.165, 1.54) is 30.0 Å². The van der Waals surface area contributed by atoms with E-state index in [4.69, 9.17) is 4.74 Å². The molecule has 162 valence electrons. The van der Waals surface area contributed by atoms with Crippen molar-refractivity contribution < 1.29 is 19.7 Å². The van der Waals surface area contributed by atoms with E-state index in [0.717, 1.165) is 22.6 Å². The molecule has 0 aliphatic heterocycles. The number of phenolic OH excluding ortho intramolecular Hbond substituents is 2. The number of carbonyl (C=O) groups excluding carboxylic acids is 1. The number of hydrogen-bond donors (Lipinski definition) is 2. The van der Waals surface area contributed by atoms with Crippen LogP contribution in [0, 0.1) is 6.92 Å². The molecule has 0 aliphatic carbocycles. The average molecular weight is 448 g/mol. The summed E-state index contributed by atoms with van der Waals surface area (Å²) in [5.41, 5.74) is 3.18. The summed E-state index contributed by atoms with van der Waals surface area (Å²) >= 11 is 1.25. The van der Waals surface area contributed by atoms with E-state index in [-0.39, 0.29) is 23.0 Å². The van der Waals surface area contributed by atoms with Crippen LogP contribution in [-0.2, 0) is 0 Å². The summed E-state index contributed by atoms with van der Waals surface area (Å²) in [4.78, 5) is 12.6. The van der Waals surface area contributed by atoms with Gasteiger partial charge in [-0.2, -0.15) is 0 Å². The summed E-state index contributed by atoms with van der Waals surface area (Å²) in [6, 6.07) is 19.5. The van der Waals surface area contributed by atoms with Crippen LogP contribution in [0.1, 0.15) is 15.9 Å². The molecule has 0 saturated carbocycles. The number of nitrogens with zero attached hydrogens (tertiary/aromatic N) is 3. The van der Waals surface area contributed by atoms with Gasteiger partial charge < -0.3 is 14.9 Å². The van der Waals surface area contributed by atoms with Crippen LogP contribution in [0.5, 0.6) is 17.2 Å². The number of thioether (sulfide) groups is 1. The number of carbonyl (C=O) groups is 1. The van der Waals surface area contributed by atoms with Crippen LogP contribution in [0.2, 0.25) is 0 Å².